The molecule has 1 unspecified atom stereocenters. The van der Waals surface area contributed by atoms with Gasteiger partial charge in [0.05, 0.1) is 27.6 Å². The maximum atomic E-state index is 12.7. The molecule has 21 heavy (non-hydrogen) atoms. The number of hydrogen-bond acceptors (Lipinski definition) is 2. The third-order valence-electron chi connectivity index (χ3n) is 2.86. The number of alkyl halides is 3. The van der Waals surface area contributed by atoms with Gasteiger partial charge in [-0.15, -0.1) is 0 Å². The van der Waals surface area contributed by atoms with Crippen LogP contribution < -0.4 is 0 Å². The molecule has 2 rings (SSSR count). The van der Waals surface area contributed by atoms with Crippen LogP contribution in [0.3, 0.4) is 0 Å². The quantitative estimate of drug-likeness (QED) is 0.902. The van der Waals surface area contributed by atoms with Crippen molar-refractivity contribution in [2.45, 2.75) is 23.9 Å². The van der Waals surface area contributed by atoms with E-state index in [1.807, 2.05) is 0 Å². The molecule has 0 saturated carbocycles. The summed E-state index contributed by atoms with van der Waals surface area (Å²) in [4.78, 5) is 0.138. The van der Waals surface area contributed by atoms with Crippen LogP contribution in [0.4, 0.5) is 13.2 Å². The van der Waals surface area contributed by atoms with E-state index < -0.39 is 22.5 Å². The molecular weight excluding hydrogens is 325 g/mol. The van der Waals surface area contributed by atoms with Gasteiger partial charge in [-0.3, -0.25) is 9.31 Å². The van der Waals surface area contributed by atoms with E-state index in [4.69, 9.17) is 11.6 Å². The predicted molar refractivity (Wildman–Crippen MR) is 74.6 cm³/mol. The first-order valence-electron chi connectivity index (χ1n) is 6.10. The summed E-state index contributed by atoms with van der Waals surface area (Å²) in [5.41, 5.74) is 0.0175. The van der Waals surface area contributed by atoms with Crippen LogP contribution in [0.15, 0.2) is 35.5 Å². The fourth-order valence-corrected chi connectivity index (χ4v) is 3.14. The Hall–Kier alpha value is -1.34. The first-order chi connectivity index (χ1) is 9.88. The van der Waals surface area contributed by atoms with E-state index in [1.54, 1.807) is 12.4 Å². The lowest BCUT2D eigenvalue weighted by Gasteiger charge is -2.10. The average molecular weight is 337 g/mol. The van der Waals surface area contributed by atoms with Crippen molar-refractivity contribution in [1.82, 2.24) is 10.2 Å². The molecule has 0 radical (unpaired) electrons. The summed E-state index contributed by atoms with van der Waals surface area (Å²) in [6.45, 7) is 0. The molecule has 0 aliphatic rings. The molecular formula is C13H12ClF3N2OS. The van der Waals surface area contributed by atoms with Gasteiger partial charge in [0.1, 0.15) is 0 Å². The van der Waals surface area contributed by atoms with Crippen molar-refractivity contribution in [2.24, 2.45) is 0 Å². The van der Waals surface area contributed by atoms with Crippen molar-refractivity contribution >= 4 is 22.4 Å². The topological polar surface area (TPSA) is 45.8 Å². The smallest absolute Gasteiger partial charge is 0.285 e. The Morgan fingerprint density at radius 3 is 2.71 bits per heavy atom. The van der Waals surface area contributed by atoms with Crippen molar-refractivity contribution in [2.75, 3.05) is 5.75 Å². The number of aromatic amines is 1. The first-order valence-corrected chi connectivity index (χ1v) is 7.80. The summed E-state index contributed by atoms with van der Waals surface area (Å²) in [7, 11) is -1.49. The predicted octanol–water partition coefficient (Wildman–Crippen LogP) is 3.82. The van der Waals surface area contributed by atoms with Crippen LogP contribution in [-0.2, 0) is 23.4 Å². The second kappa shape index (κ2) is 6.62. The van der Waals surface area contributed by atoms with Gasteiger partial charge >= 0.3 is 6.18 Å². The molecule has 0 spiro atoms. The molecule has 0 aliphatic carbocycles. The zero-order valence-corrected chi connectivity index (χ0v) is 12.4. The van der Waals surface area contributed by atoms with Gasteiger partial charge < -0.3 is 0 Å². The van der Waals surface area contributed by atoms with Crippen molar-refractivity contribution < 1.29 is 17.4 Å². The summed E-state index contributed by atoms with van der Waals surface area (Å²) in [6, 6.07) is 3.36. The Morgan fingerprint density at radius 2 is 2.10 bits per heavy atom. The van der Waals surface area contributed by atoms with Crippen molar-refractivity contribution in [1.29, 1.82) is 0 Å². The molecule has 3 nitrogen and oxygen atoms in total. The zero-order chi connectivity index (χ0) is 15.5. The highest BCUT2D eigenvalue weighted by Crippen LogP contribution is 2.35. The molecule has 0 bridgehead atoms. The Morgan fingerprint density at radius 1 is 1.33 bits per heavy atom. The van der Waals surface area contributed by atoms with Gasteiger partial charge in [0.15, 0.2) is 0 Å². The normalized spacial score (nSPS) is 13.3. The number of hydrogen-bond donors (Lipinski definition) is 1. The standard InChI is InChI=1S/C13H12ClF3N2OS/c14-12-4-3-10(6-11(12)13(15,16)17)21(20)5-1-2-9-7-18-19-8-9/h3-4,6-8H,1-2,5H2,(H,18,19). The largest absolute Gasteiger partial charge is 0.417 e. The van der Waals surface area contributed by atoms with Crippen molar-refractivity contribution in [3.8, 4) is 0 Å². The number of nitrogens with one attached hydrogen (secondary N) is 1. The molecule has 1 aromatic heterocycles. The van der Waals surface area contributed by atoms with E-state index in [-0.39, 0.29) is 15.7 Å². The molecule has 0 amide bonds. The summed E-state index contributed by atoms with van der Waals surface area (Å²) in [5.74, 6) is 0.282. The molecule has 1 atom stereocenters. The van der Waals surface area contributed by atoms with Crippen LogP contribution >= 0.6 is 11.6 Å². The van der Waals surface area contributed by atoms with Crippen LogP contribution in [0.25, 0.3) is 0 Å². The molecule has 0 saturated heterocycles. The lowest BCUT2D eigenvalue weighted by molar-refractivity contribution is -0.137. The molecule has 114 valence electrons. The average Bonchev–Trinajstić information content (AvgIpc) is 2.91. The van der Waals surface area contributed by atoms with E-state index in [1.165, 1.54) is 6.07 Å². The van der Waals surface area contributed by atoms with Gasteiger partial charge in [0.2, 0.25) is 0 Å². The molecule has 1 N–H and O–H groups in total. The van der Waals surface area contributed by atoms with E-state index in [9.17, 15) is 17.4 Å². The second-order valence-electron chi connectivity index (χ2n) is 4.40. The summed E-state index contributed by atoms with van der Waals surface area (Å²) in [5, 5.41) is 6.06. The van der Waals surface area contributed by atoms with Crippen LogP contribution in [0.1, 0.15) is 17.5 Å². The number of nitrogens with zero attached hydrogens (tertiary/aromatic N) is 1. The highest BCUT2D eigenvalue weighted by Gasteiger charge is 2.33. The Kier molecular flexibility index (Phi) is 5.05. The minimum Gasteiger partial charge on any atom is -0.285 e. The number of aromatic nitrogens is 2. The second-order valence-corrected chi connectivity index (χ2v) is 6.38. The Labute approximate surface area is 127 Å². The van der Waals surface area contributed by atoms with Crippen LogP contribution in [0, 0.1) is 0 Å². The van der Waals surface area contributed by atoms with Crippen molar-refractivity contribution in [3.63, 3.8) is 0 Å². The number of rotatable bonds is 5. The molecule has 1 heterocycles. The Bertz CT molecular complexity index is 629. The van der Waals surface area contributed by atoms with Crippen LogP contribution in [0.5, 0.6) is 0 Å². The van der Waals surface area contributed by atoms with Gasteiger partial charge in [-0.25, -0.2) is 0 Å². The minimum absolute atomic E-state index is 0.138. The fourth-order valence-electron chi connectivity index (χ4n) is 1.80. The maximum absolute atomic E-state index is 12.7. The third-order valence-corrected chi connectivity index (χ3v) is 4.62. The summed E-state index contributed by atoms with van der Waals surface area (Å²) in [6.07, 6.45) is 0.103. The minimum atomic E-state index is -4.55. The van der Waals surface area contributed by atoms with E-state index >= 15 is 0 Å². The molecule has 8 heteroatoms. The monoisotopic (exact) mass is 336 g/mol. The number of H-pyrrole nitrogens is 1. The van der Waals surface area contributed by atoms with Gasteiger partial charge in [0.25, 0.3) is 0 Å². The molecule has 1 aromatic carbocycles. The molecule has 0 aliphatic heterocycles. The van der Waals surface area contributed by atoms with E-state index in [0.717, 1.165) is 17.7 Å². The molecule has 0 fully saturated rings. The lowest BCUT2D eigenvalue weighted by atomic mass is 10.2. The molecule has 2 aromatic rings. The number of aryl methyl sites for hydroxylation is 1. The van der Waals surface area contributed by atoms with Crippen LogP contribution in [-0.4, -0.2) is 20.2 Å². The SMILES string of the molecule is O=S(CCCc1cn[nH]c1)c1ccc(Cl)c(C(F)(F)F)c1. The van der Waals surface area contributed by atoms with Gasteiger partial charge in [-0.05, 0) is 36.6 Å². The maximum Gasteiger partial charge on any atom is 0.417 e. The highest BCUT2D eigenvalue weighted by atomic mass is 35.5. The number of halogens is 4. The van der Waals surface area contributed by atoms with Crippen molar-refractivity contribution in [3.05, 3.63) is 46.7 Å². The Balaban J connectivity index is 2.02. The van der Waals surface area contributed by atoms with Crippen LogP contribution in [0.2, 0.25) is 5.02 Å². The zero-order valence-electron chi connectivity index (χ0n) is 10.8. The van der Waals surface area contributed by atoms with E-state index in [0.29, 0.717) is 12.8 Å². The highest BCUT2D eigenvalue weighted by molar-refractivity contribution is 7.85. The summed E-state index contributed by atoms with van der Waals surface area (Å²) < 4.78 is 50.2. The van der Waals surface area contributed by atoms with Gasteiger partial charge in [0, 0.05) is 16.8 Å². The fraction of sp³-hybridized carbons (Fsp3) is 0.308. The van der Waals surface area contributed by atoms with Gasteiger partial charge in [-0.1, -0.05) is 11.6 Å². The third kappa shape index (κ3) is 4.31. The van der Waals surface area contributed by atoms with E-state index in [2.05, 4.69) is 10.2 Å². The first kappa shape index (κ1) is 16.0. The number of benzene rings is 1. The summed E-state index contributed by atoms with van der Waals surface area (Å²) >= 11 is 5.53. The van der Waals surface area contributed by atoms with Gasteiger partial charge in [-0.2, -0.15) is 18.3 Å². The lowest BCUT2D eigenvalue weighted by Crippen LogP contribution is -2.08.